The predicted octanol–water partition coefficient (Wildman–Crippen LogP) is 2.88. The third-order valence-corrected chi connectivity index (χ3v) is 4.41. The fourth-order valence-electron chi connectivity index (χ4n) is 3.01. The topological polar surface area (TPSA) is 80.3 Å². The van der Waals surface area contributed by atoms with Crippen molar-refractivity contribution in [3.8, 4) is 0 Å². The maximum absolute atomic E-state index is 12.1. The monoisotopic (exact) mass is 378 g/mol. The van der Waals surface area contributed by atoms with Gasteiger partial charge in [-0.2, -0.15) is 0 Å². The van der Waals surface area contributed by atoms with Crippen molar-refractivity contribution in [1.29, 1.82) is 0 Å². The molecule has 1 heterocycles. The molecule has 148 valence electrons. The number of carbonyl (C=O) groups is 2. The first-order valence-corrected chi connectivity index (χ1v) is 8.81. The van der Waals surface area contributed by atoms with Gasteiger partial charge in [0.25, 0.3) is 0 Å². The van der Waals surface area contributed by atoms with Crippen LogP contribution in [0.15, 0.2) is 43.0 Å². The highest BCUT2D eigenvalue weighted by atomic mass is 16.7. The SMILES string of the molecule is C=CCOC(=O)OC1[C@H](C)OC(C(=O)OC)[C@@H](C)[C@H]1OCc1ccccc1. The number of hydrogen-bond acceptors (Lipinski definition) is 7. The normalized spacial score (nSPS) is 27.4. The molecule has 0 aromatic heterocycles. The highest BCUT2D eigenvalue weighted by molar-refractivity contribution is 5.75. The average Bonchev–Trinajstić information content (AvgIpc) is 2.68. The molecule has 5 atom stereocenters. The van der Waals surface area contributed by atoms with Crippen molar-refractivity contribution >= 4 is 12.1 Å². The summed E-state index contributed by atoms with van der Waals surface area (Å²) in [5, 5.41) is 0. The molecule has 2 rings (SSSR count). The standard InChI is InChI=1S/C20H26O7/c1-5-11-24-20(22)27-18-14(3)26-17(19(21)23-4)13(2)16(18)25-12-15-9-7-6-8-10-15/h5-10,13-14,16-18H,1,11-12H2,2-4H3/t13-,14-,16+,17?,18?/m0/s1. The maximum Gasteiger partial charge on any atom is 0.509 e. The third-order valence-electron chi connectivity index (χ3n) is 4.41. The molecule has 0 bridgehead atoms. The minimum atomic E-state index is -0.840. The van der Waals surface area contributed by atoms with Crippen molar-refractivity contribution in [2.45, 2.75) is 44.9 Å². The highest BCUT2D eigenvalue weighted by Gasteiger charge is 2.48. The van der Waals surface area contributed by atoms with E-state index >= 15 is 0 Å². The Labute approximate surface area is 159 Å². The Bertz CT molecular complexity index is 630. The van der Waals surface area contributed by atoms with Gasteiger partial charge in [-0.3, -0.25) is 0 Å². The van der Waals surface area contributed by atoms with Crippen molar-refractivity contribution in [3.05, 3.63) is 48.6 Å². The fourth-order valence-corrected chi connectivity index (χ4v) is 3.01. The number of carbonyl (C=O) groups excluding carboxylic acids is 2. The van der Waals surface area contributed by atoms with Crippen LogP contribution >= 0.6 is 0 Å². The molecule has 0 spiro atoms. The van der Waals surface area contributed by atoms with Crippen molar-refractivity contribution < 1.29 is 33.3 Å². The molecule has 7 nitrogen and oxygen atoms in total. The smallest absolute Gasteiger partial charge is 0.467 e. The molecule has 1 aliphatic heterocycles. The second-order valence-electron chi connectivity index (χ2n) is 6.34. The number of ether oxygens (including phenoxy) is 5. The van der Waals surface area contributed by atoms with Crippen LogP contribution < -0.4 is 0 Å². The Balaban J connectivity index is 2.15. The van der Waals surface area contributed by atoms with E-state index in [2.05, 4.69) is 6.58 Å². The van der Waals surface area contributed by atoms with Crippen LogP contribution in [0.1, 0.15) is 19.4 Å². The van der Waals surface area contributed by atoms with Gasteiger partial charge in [-0.15, -0.1) is 0 Å². The second kappa shape index (κ2) is 10.1. The molecule has 1 aromatic rings. The summed E-state index contributed by atoms with van der Waals surface area (Å²) in [5.41, 5.74) is 0.964. The van der Waals surface area contributed by atoms with Crippen molar-refractivity contribution in [3.63, 3.8) is 0 Å². The summed E-state index contributed by atoms with van der Waals surface area (Å²) in [6.07, 6.45) is -2.10. The van der Waals surface area contributed by atoms with Crippen LogP contribution in [0.3, 0.4) is 0 Å². The average molecular weight is 378 g/mol. The molecule has 0 N–H and O–H groups in total. The predicted molar refractivity (Wildman–Crippen MR) is 97.0 cm³/mol. The van der Waals surface area contributed by atoms with Crippen LogP contribution in [0.5, 0.6) is 0 Å². The van der Waals surface area contributed by atoms with E-state index < -0.39 is 42.5 Å². The fraction of sp³-hybridized carbons (Fsp3) is 0.500. The van der Waals surface area contributed by atoms with E-state index in [9.17, 15) is 9.59 Å². The Hall–Kier alpha value is -2.38. The first kappa shape index (κ1) is 20.9. The molecular weight excluding hydrogens is 352 g/mol. The highest BCUT2D eigenvalue weighted by Crippen LogP contribution is 2.31. The van der Waals surface area contributed by atoms with Crippen molar-refractivity contribution in [2.24, 2.45) is 5.92 Å². The lowest BCUT2D eigenvalue weighted by Crippen LogP contribution is -2.57. The molecule has 1 aliphatic rings. The molecule has 0 saturated carbocycles. The van der Waals surface area contributed by atoms with Crippen LogP contribution in [0.25, 0.3) is 0 Å². The van der Waals surface area contributed by atoms with Crippen molar-refractivity contribution in [1.82, 2.24) is 0 Å². The Morgan fingerprint density at radius 2 is 1.89 bits per heavy atom. The zero-order valence-corrected chi connectivity index (χ0v) is 15.8. The van der Waals surface area contributed by atoms with Gasteiger partial charge >= 0.3 is 12.1 Å². The lowest BCUT2D eigenvalue weighted by Gasteiger charge is -2.42. The van der Waals surface area contributed by atoms with Crippen LogP contribution in [0, 0.1) is 5.92 Å². The lowest BCUT2D eigenvalue weighted by atomic mass is 9.88. The first-order chi connectivity index (χ1) is 13.0. The molecule has 2 unspecified atom stereocenters. The molecule has 1 saturated heterocycles. The van der Waals surface area contributed by atoms with E-state index in [1.165, 1.54) is 13.2 Å². The zero-order chi connectivity index (χ0) is 19.8. The van der Waals surface area contributed by atoms with Gasteiger partial charge in [-0.25, -0.2) is 9.59 Å². The Morgan fingerprint density at radius 3 is 2.52 bits per heavy atom. The molecule has 27 heavy (non-hydrogen) atoms. The van der Waals surface area contributed by atoms with E-state index in [0.29, 0.717) is 6.61 Å². The summed E-state index contributed by atoms with van der Waals surface area (Å²) in [5.74, 6) is -0.884. The Kier molecular flexibility index (Phi) is 7.82. The quantitative estimate of drug-likeness (QED) is 0.533. The Morgan fingerprint density at radius 1 is 1.19 bits per heavy atom. The van der Waals surface area contributed by atoms with Gasteiger partial charge in [0.1, 0.15) is 12.7 Å². The molecule has 1 fully saturated rings. The van der Waals surface area contributed by atoms with Gasteiger partial charge in [0.05, 0.1) is 19.8 Å². The van der Waals surface area contributed by atoms with E-state index in [1.807, 2.05) is 30.3 Å². The molecule has 0 radical (unpaired) electrons. The summed E-state index contributed by atoms with van der Waals surface area (Å²) in [7, 11) is 1.30. The molecule has 1 aromatic carbocycles. The minimum absolute atomic E-state index is 0.0384. The van der Waals surface area contributed by atoms with Gasteiger partial charge in [-0.05, 0) is 12.5 Å². The number of rotatable bonds is 7. The van der Waals surface area contributed by atoms with E-state index in [1.54, 1.807) is 13.8 Å². The number of hydrogen-bond donors (Lipinski definition) is 0. The summed E-state index contributed by atoms with van der Waals surface area (Å²) in [6.45, 7) is 7.35. The lowest BCUT2D eigenvalue weighted by molar-refractivity contribution is -0.221. The largest absolute Gasteiger partial charge is 0.509 e. The van der Waals surface area contributed by atoms with Crippen LogP contribution in [-0.2, 0) is 35.1 Å². The number of methoxy groups -OCH3 is 1. The number of esters is 1. The van der Waals surface area contributed by atoms with Gasteiger partial charge in [0.15, 0.2) is 12.2 Å². The van der Waals surface area contributed by atoms with Crippen molar-refractivity contribution in [2.75, 3.05) is 13.7 Å². The summed E-state index contributed by atoms with van der Waals surface area (Å²) >= 11 is 0. The van der Waals surface area contributed by atoms with E-state index in [-0.39, 0.29) is 6.61 Å². The molecule has 0 amide bonds. The molecule has 0 aliphatic carbocycles. The van der Waals surface area contributed by atoms with Crippen LogP contribution in [-0.4, -0.2) is 50.3 Å². The molecule has 7 heteroatoms. The van der Waals surface area contributed by atoms with Gasteiger partial charge in [0.2, 0.25) is 0 Å². The second-order valence-corrected chi connectivity index (χ2v) is 6.34. The summed E-state index contributed by atoms with van der Waals surface area (Å²) < 4.78 is 27.0. The van der Waals surface area contributed by atoms with Gasteiger partial charge < -0.3 is 23.7 Å². The van der Waals surface area contributed by atoms with Crippen LogP contribution in [0.4, 0.5) is 4.79 Å². The zero-order valence-electron chi connectivity index (χ0n) is 15.8. The summed E-state index contributed by atoms with van der Waals surface area (Å²) in [6, 6.07) is 9.59. The number of benzene rings is 1. The van der Waals surface area contributed by atoms with E-state index in [0.717, 1.165) is 5.56 Å². The van der Waals surface area contributed by atoms with E-state index in [4.69, 9.17) is 23.7 Å². The summed E-state index contributed by atoms with van der Waals surface area (Å²) in [4.78, 5) is 24.0. The maximum atomic E-state index is 12.1. The third kappa shape index (κ3) is 5.55. The van der Waals surface area contributed by atoms with Gasteiger partial charge in [-0.1, -0.05) is 49.9 Å². The van der Waals surface area contributed by atoms with Crippen LogP contribution in [0.2, 0.25) is 0 Å². The molecular formula is C20H26O7. The van der Waals surface area contributed by atoms with Gasteiger partial charge in [0, 0.05) is 5.92 Å². The first-order valence-electron chi connectivity index (χ1n) is 8.81. The minimum Gasteiger partial charge on any atom is -0.467 e.